The highest BCUT2D eigenvalue weighted by Crippen LogP contribution is 2.08. The number of rotatable bonds is 4. The molecule has 1 unspecified atom stereocenters. The Kier molecular flexibility index (Phi) is 4.05. The van der Waals surface area contributed by atoms with Gasteiger partial charge in [0.15, 0.2) is 0 Å². The van der Waals surface area contributed by atoms with Crippen LogP contribution >= 0.6 is 0 Å². The third-order valence-corrected chi connectivity index (χ3v) is 2.77. The quantitative estimate of drug-likeness (QED) is 0.756. The molecule has 0 aliphatic carbocycles. The molecule has 4 nitrogen and oxygen atoms in total. The second-order valence-corrected chi connectivity index (χ2v) is 4.06. The Hall–Kier alpha value is -1.00. The molecule has 1 aromatic heterocycles. The van der Waals surface area contributed by atoms with Crippen molar-refractivity contribution in [3.63, 3.8) is 0 Å². The lowest BCUT2D eigenvalue weighted by Crippen LogP contribution is -2.35. The molecule has 1 aliphatic rings. The van der Waals surface area contributed by atoms with E-state index in [1.165, 1.54) is 19.4 Å². The summed E-state index contributed by atoms with van der Waals surface area (Å²) in [7, 11) is 0. The van der Waals surface area contributed by atoms with Crippen molar-refractivity contribution in [3.8, 4) is 0 Å². The number of piperidine rings is 1. The Balaban J connectivity index is 1.66. The molecule has 0 spiro atoms. The van der Waals surface area contributed by atoms with Crippen LogP contribution in [0.3, 0.4) is 0 Å². The van der Waals surface area contributed by atoms with Crippen LogP contribution in [0.2, 0.25) is 0 Å². The van der Waals surface area contributed by atoms with Crippen molar-refractivity contribution in [2.24, 2.45) is 5.92 Å². The van der Waals surface area contributed by atoms with E-state index in [0.29, 0.717) is 0 Å². The number of hydrogen-bond acceptors (Lipinski definition) is 4. The van der Waals surface area contributed by atoms with Crippen molar-refractivity contribution >= 4 is 0 Å². The zero-order chi connectivity index (χ0) is 10.3. The highest BCUT2D eigenvalue weighted by molar-refractivity contribution is 4.98. The van der Waals surface area contributed by atoms with E-state index in [9.17, 15) is 0 Å². The van der Waals surface area contributed by atoms with E-state index in [4.69, 9.17) is 0 Å². The molecule has 0 aromatic carbocycles. The van der Waals surface area contributed by atoms with Crippen LogP contribution in [0.1, 0.15) is 18.5 Å². The first-order valence-corrected chi connectivity index (χ1v) is 5.63. The summed E-state index contributed by atoms with van der Waals surface area (Å²) in [5, 5.41) is 14.7. The van der Waals surface area contributed by atoms with Gasteiger partial charge >= 0.3 is 0 Å². The van der Waals surface area contributed by atoms with Crippen molar-refractivity contribution in [1.29, 1.82) is 0 Å². The molecule has 0 radical (unpaired) electrons. The lowest BCUT2D eigenvalue weighted by molar-refractivity contribution is 0.359. The van der Waals surface area contributed by atoms with Gasteiger partial charge in [-0.25, -0.2) is 0 Å². The average molecular weight is 206 g/mol. The van der Waals surface area contributed by atoms with Crippen LogP contribution in [-0.2, 0) is 6.54 Å². The summed E-state index contributed by atoms with van der Waals surface area (Å²) in [6.07, 6.45) is 4.34. The summed E-state index contributed by atoms with van der Waals surface area (Å²) in [5.74, 6) is 0.774. The van der Waals surface area contributed by atoms with Gasteiger partial charge in [-0.05, 0) is 50.5 Å². The van der Waals surface area contributed by atoms with E-state index in [2.05, 4.69) is 20.8 Å². The molecular weight excluding hydrogens is 188 g/mol. The number of nitrogens with zero attached hydrogens (tertiary/aromatic N) is 2. The Morgan fingerprint density at radius 1 is 1.53 bits per heavy atom. The fourth-order valence-corrected chi connectivity index (χ4v) is 1.93. The van der Waals surface area contributed by atoms with Crippen LogP contribution < -0.4 is 10.6 Å². The first-order valence-electron chi connectivity index (χ1n) is 5.63. The zero-order valence-electron chi connectivity index (χ0n) is 8.95. The van der Waals surface area contributed by atoms with Gasteiger partial charge in [0.2, 0.25) is 0 Å². The maximum atomic E-state index is 4.03. The van der Waals surface area contributed by atoms with Crippen molar-refractivity contribution in [3.05, 3.63) is 24.0 Å². The molecule has 2 rings (SSSR count). The summed E-state index contributed by atoms with van der Waals surface area (Å²) < 4.78 is 0. The minimum atomic E-state index is 0.774. The Morgan fingerprint density at radius 2 is 2.53 bits per heavy atom. The molecule has 82 valence electrons. The van der Waals surface area contributed by atoms with Crippen LogP contribution in [0.5, 0.6) is 0 Å². The van der Waals surface area contributed by atoms with Crippen molar-refractivity contribution in [1.82, 2.24) is 20.8 Å². The highest BCUT2D eigenvalue weighted by atomic mass is 15.1. The van der Waals surface area contributed by atoms with E-state index < -0.39 is 0 Å². The van der Waals surface area contributed by atoms with Crippen molar-refractivity contribution < 1.29 is 0 Å². The van der Waals surface area contributed by atoms with Gasteiger partial charge < -0.3 is 10.6 Å². The van der Waals surface area contributed by atoms with Crippen LogP contribution in [0, 0.1) is 5.92 Å². The highest BCUT2D eigenvalue weighted by Gasteiger charge is 2.11. The molecule has 1 fully saturated rings. The van der Waals surface area contributed by atoms with E-state index in [1.54, 1.807) is 6.20 Å². The minimum Gasteiger partial charge on any atom is -0.316 e. The summed E-state index contributed by atoms with van der Waals surface area (Å²) in [5.41, 5.74) is 1.02. The Labute approximate surface area is 90.5 Å². The normalized spacial score (nSPS) is 21.5. The smallest absolute Gasteiger partial charge is 0.0768 e. The standard InChI is InChI=1S/C11H18N4/c1-3-10(7-12-5-1)8-13-9-11-4-2-6-14-15-11/h2,4,6,10,12-13H,1,3,5,7-9H2. The molecule has 2 N–H and O–H groups in total. The van der Waals surface area contributed by atoms with Gasteiger partial charge in [0, 0.05) is 12.7 Å². The van der Waals surface area contributed by atoms with Crippen LogP contribution in [-0.4, -0.2) is 29.8 Å². The third kappa shape index (κ3) is 3.57. The molecule has 4 heteroatoms. The maximum absolute atomic E-state index is 4.03. The topological polar surface area (TPSA) is 49.8 Å². The van der Waals surface area contributed by atoms with Crippen LogP contribution in [0.25, 0.3) is 0 Å². The second-order valence-electron chi connectivity index (χ2n) is 4.06. The zero-order valence-corrected chi connectivity index (χ0v) is 8.95. The summed E-state index contributed by atoms with van der Waals surface area (Å²) in [6.45, 7) is 4.22. The monoisotopic (exact) mass is 206 g/mol. The summed E-state index contributed by atoms with van der Waals surface area (Å²) in [6, 6.07) is 3.92. The van der Waals surface area contributed by atoms with E-state index in [-0.39, 0.29) is 0 Å². The third-order valence-electron chi connectivity index (χ3n) is 2.77. The van der Waals surface area contributed by atoms with Gasteiger partial charge in [-0.3, -0.25) is 0 Å². The predicted molar refractivity (Wildman–Crippen MR) is 59.3 cm³/mol. The predicted octanol–water partition coefficient (Wildman–Crippen LogP) is 0.566. The Bertz CT molecular complexity index is 269. The molecule has 0 saturated carbocycles. The summed E-state index contributed by atoms with van der Waals surface area (Å²) >= 11 is 0. The largest absolute Gasteiger partial charge is 0.316 e. The average Bonchev–Trinajstić information content (AvgIpc) is 2.32. The van der Waals surface area contributed by atoms with E-state index in [0.717, 1.165) is 31.2 Å². The second kappa shape index (κ2) is 5.78. The molecule has 1 aromatic rings. The number of hydrogen-bond donors (Lipinski definition) is 2. The van der Waals surface area contributed by atoms with Gasteiger partial charge in [-0.2, -0.15) is 10.2 Å². The van der Waals surface area contributed by atoms with Crippen LogP contribution in [0.15, 0.2) is 18.3 Å². The fourth-order valence-electron chi connectivity index (χ4n) is 1.93. The SMILES string of the molecule is c1cnnc(CNCC2CCCNC2)c1. The molecule has 2 heterocycles. The molecule has 0 bridgehead atoms. The molecule has 1 aliphatic heterocycles. The molecule has 1 saturated heterocycles. The first kappa shape index (κ1) is 10.5. The first-order chi connectivity index (χ1) is 7.45. The molecule has 0 amide bonds. The minimum absolute atomic E-state index is 0.774. The lowest BCUT2D eigenvalue weighted by atomic mass is 10.00. The van der Waals surface area contributed by atoms with Crippen molar-refractivity contribution in [2.45, 2.75) is 19.4 Å². The molecule has 15 heavy (non-hydrogen) atoms. The number of nitrogens with one attached hydrogen (secondary N) is 2. The number of aromatic nitrogens is 2. The van der Waals surface area contributed by atoms with Gasteiger partial charge in [-0.1, -0.05) is 0 Å². The Morgan fingerprint density at radius 3 is 3.27 bits per heavy atom. The van der Waals surface area contributed by atoms with Crippen molar-refractivity contribution in [2.75, 3.05) is 19.6 Å². The van der Waals surface area contributed by atoms with Crippen LogP contribution in [0.4, 0.5) is 0 Å². The molecular formula is C11H18N4. The van der Waals surface area contributed by atoms with Gasteiger partial charge in [-0.15, -0.1) is 0 Å². The van der Waals surface area contributed by atoms with E-state index in [1.807, 2.05) is 12.1 Å². The summed E-state index contributed by atoms with van der Waals surface area (Å²) in [4.78, 5) is 0. The van der Waals surface area contributed by atoms with Gasteiger partial charge in [0.25, 0.3) is 0 Å². The van der Waals surface area contributed by atoms with E-state index >= 15 is 0 Å². The lowest BCUT2D eigenvalue weighted by Gasteiger charge is -2.22. The maximum Gasteiger partial charge on any atom is 0.0768 e. The fraction of sp³-hybridized carbons (Fsp3) is 0.636. The molecule has 1 atom stereocenters. The van der Waals surface area contributed by atoms with Gasteiger partial charge in [0.05, 0.1) is 5.69 Å². The van der Waals surface area contributed by atoms with Gasteiger partial charge in [0.1, 0.15) is 0 Å².